The zero-order chi connectivity index (χ0) is 10.6. The van der Waals surface area contributed by atoms with E-state index in [0.717, 1.165) is 6.42 Å². The van der Waals surface area contributed by atoms with E-state index in [1.807, 2.05) is 0 Å². The fourth-order valence-corrected chi connectivity index (χ4v) is 1.64. The first kappa shape index (κ1) is 13.3. The first-order valence-electron chi connectivity index (χ1n) is 5.96. The number of hydrogen-bond donors (Lipinski definition) is 0. The third kappa shape index (κ3) is 7.92. The van der Waals surface area contributed by atoms with Crippen LogP contribution < -0.4 is 0 Å². The van der Waals surface area contributed by atoms with Crippen LogP contribution >= 0.6 is 0 Å². The second kappa shape index (κ2) is 10.4. The highest BCUT2D eigenvalue weighted by molar-refractivity contribution is 5.00. The highest BCUT2D eigenvalue weighted by Crippen LogP contribution is 2.14. The molecule has 0 amide bonds. The number of terminal acetylenes is 1. The molecule has 0 heterocycles. The quantitative estimate of drug-likeness (QED) is 0.297. The maximum absolute atomic E-state index is 5.19. The van der Waals surface area contributed by atoms with Crippen LogP contribution in [0, 0.1) is 12.3 Å². The van der Waals surface area contributed by atoms with Gasteiger partial charge >= 0.3 is 0 Å². The van der Waals surface area contributed by atoms with Gasteiger partial charge in [0.2, 0.25) is 0 Å². The number of rotatable bonds is 8. The Labute approximate surface area is 89.8 Å². The van der Waals surface area contributed by atoms with E-state index in [1.165, 1.54) is 44.9 Å². The summed E-state index contributed by atoms with van der Waals surface area (Å²) in [7, 11) is 0. The average molecular weight is 192 g/mol. The molecule has 0 aromatic carbocycles. The van der Waals surface area contributed by atoms with Crippen molar-refractivity contribution in [2.45, 2.75) is 65.2 Å². The minimum atomic E-state index is 0.950. The van der Waals surface area contributed by atoms with Gasteiger partial charge in [-0.05, 0) is 32.1 Å². The Morgan fingerprint density at radius 2 is 1.86 bits per heavy atom. The topological polar surface area (TPSA) is 0 Å². The van der Waals surface area contributed by atoms with Gasteiger partial charge in [0.25, 0.3) is 0 Å². The van der Waals surface area contributed by atoms with Crippen LogP contribution in [-0.2, 0) is 0 Å². The summed E-state index contributed by atoms with van der Waals surface area (Å²) in [6.07, 6.45) is 17.4. The molecule has 0 aliphatic carbocycles. The van der Waals surface area contributed by atoms with Crippen LogP contribution in [-0.4, -0.2) is 0 Å². The molecule has 0 spiro atoms. The van der Waals surface area contributed by atoms with Gasteiger partial charge in [-0.3, -0.25) is 0 Å². The molecular formula is C14H24. The first-order chi connectivity index (χ1) is 6.85. The molecule has 0 aromatic rings. The largest absolute Gasteiger partial charge is 0.120 e. The van der Waals surface area contributed by atoms with E-state index in [1.54, 1.807) is 5.57 Å². The van der Waals surface area contributed by atoms with E-state index in [9.17, 15) is 0 Å². The van der Waals surface area contributed by atoms with Gasteiger partial charge in [0.05, 0.1) is 0 Å². The zero-order valence-electron chi connectivity index (χ0n) is 9.81. The molecule has 0 unspecified atom stereocenters. The smallest absolute Gasteiger partial charge is 0.00860 e. The minimum Gasteiger partial charge on any atom is -0.120 e. The first-order valence-corrected chi connectivity index (χ1v) is 5.96. The third-order valence-electron chi connectivity index (χ3n) is 2.52. The molecule has 0 fully saturated rings. The number of unbranched alkanes of at least 4 members (excludes halogenated alkanes) is 4. The Hall–Kier alpha value is -0.700. The van der Waals surface area contributed by atoms with Gasteiger partial charge < -0.3 is 0 Å². The SMILES string of the molecule is C#CCCCCCCC(=CCC)CC. The fraction of sp³-hybridized carbons (Fsp3) is 0.714. The normalized spacial score (nSPS) is 11.4. The summed E-state index contributed by atoms with van der Waals surface area (Å²) >= 11 is 0. The Morgan fingerprint density at radius 1 is 1.14 bits per heavy atom. The van der Waals surface area contributed by atoms with Crippen molar-refractivity contribution in [3.63, 3.8) is 0 Å². The van der Waals surface area contributed by atoms with Crippen LogP contribution in [0.15, 0.2) is 11.6 Å². The van der Waals surface area contributed by atoms with E-state index >= 15 is 0 Å². The van der Waals surface area contributed by atoms with Crippen molar-refractivity contribution < 1.29 is 0 Å². The predicted molar refractivity (Wildman–Crippen MR) is 65.2 cm³/mol. The Balaban J connectivity index is 3.34. The van der Waals surface area contributed by atoms with Crippen molar-refractivity contribution in [1.82, 2.24) is 0 Å². The molecule has 0 saturated heterocycles. The van der Waals surface area contributed by atoms with Gasteiger partial charge in [0.1, 0.15) is 0 Å². The van der Waals surface area contributed by atoms with E-state index in [-0.39, 0.29) is 0 Å². The number of hydrogen-bond acceptors (Lipinski definition) is 0. The van der Waals surface area contributed by atoms with Gasteiger partial charge in [-0.25, -0.2) is 0 Å². The summed E-state index contributed by atoms with van der Waals surface area (Å²) in [4.78, 5) is 0. The molecule has 0 rings (SSSR count). The average Bonchev–Trinajstić information content (AvgIpc) is 2.21. The Kier molecular flexibility index (Phi) is 9.86. The van der Waals surface area contributed by atoms with E-state index in [0.29, 0.717) is 0 Å². The molecule has 14 heavy (non-hydrogen) atoms. The summed E-state index contributed by atoms with van der Waals surface area (Å²) < 4.78 is 0. The molecule has 0 radical (unpaired) electrons. The van der Waals surface area contributed by atoms with Crippen molar-refractivity contribution in [1.29, 1.82) is 0 Å². The maximum Gasteiger partial charge on any atom is 0.00860 e. The van der Waals surface area contributed by atoms with Crippen LogP contribution in [0.3, 0.4) is 0 Å². The van der Waals surface area contributed by atoms with Crippen LogP contribution in [0.25, 0.3) is 0 Å². The lowest BCUT2D eigenvalue weighted by molar-refractivity contribution is 0.642. The predicted octanol–water partition coefficient (Wildman–Crippen LogP) is 4.71. The highest BCUT2D eigenvalue weighted by atomic mass is 14.0. The van der Waals surface area contributed by atoms with E-state index < -0.39 is 0 Å². The maximum atomic E-state index is 5.19. The summed E-state index contributed by atoms with van der Waals surface area (Å²) in [6, 6.07) is 0. The zero-order valence-corrected chi connectivity index (χ0v) is 9.81. The van der Waals surface area contributed by atoms with Gasteiger partial charge in [0.15, 0.2) is 0 Å². The van der Waals surface area contributed by atoms with Gasteiger partial charge in [-0.1, -0.05) is 38.3 Å². The van der Waals surface area contributed by atoms with Crippen molar-refractivity contribution in [3.05, 3.63) is 11.6 Å². The van der Waals surface area contributed by atoms with Crippen LogP contribution in [0.5, 0.6) is 0 Å². The molecule has 0 bridgehead atoms. The molecule has 80 valence electrons. The lowest BCUT2D eigenvalue weighted by Gasteiger charge is -2.03. The molecule has 0 nitrogen and oxygen atoms in total. The van der Waals surface area contributed by atoms with Crippen LogP contribution in [0.1, 0.15) is 65.2 Å². The van der Waals surface area contributed by atoms with E-state index in [2.05, 4.69) is 25.8 Å². The minimum absolute atomic E-state index is 0.950. The monoisotopic (exact) mass is 192 g/mol. The van der Waals surface area contributed by atoms with Gasteiger partial charge in [0, 0.05) is 6.42 Å². The summed E-state index contributed by atoms with van der Waals surface area (Å²) in [6.45, 7) is 4.46. The Bertz CT molecular complexity index is 181. The fourth-order valence-electron chi connectivity index (χ4n) is 1.64. The van der Waals surface area contributed by atoms with Crippen molar-refractivity contribution >= 4 is 0 Å². The number of allylic oxidation sites excluding steroid dienone is 2. The van der Waals surface area contributed by atoms with Crippen LogP contribution in [0.2, 0.25) is 0 Å². The van der Waals surface area contributed by atoms with E-state index in [4.69, 9.17) is 6.42 Å². The molecule has 0 aliphatic rings. The van der Waals surface area contributed by atoms with Crippen LogP contribution in [0.4, 0.5) is 0 Å². The lowest BCUT2D eigenvalue weighted by atomic mass is 10.0. The second-order valence-electron chi connectivity index (χ2n) is 3.74. The van der Waals surface area contributed by atoms with Gasteiger partial charge in [-0.15, -0.1) is 12.3 Å². The standard InChI is InChI=1S/C14H24/c1-4-7-8-9-10-11-13-14(6-3)12-5-2/h1,12H,5-11,13H2,2-3H3. The second-order valence-corrected chi connectivity index (χ2v) is 3.74. The summed E-state index contributed by atoms with van der Waals surface area (Å²) in [5, 5.41) is 0. The lowest BCUT2D eigenvalue weighted by Crippen LogP contribution is -1.84. The molecular weight excluding hydrogens is 168 g/mol. The third-order valence-corrected chi connectivity index (χ3v) is 2.52. The molecule has 0 aromatic heterocycles. The molecule has 0 aliphatic heterocycles. The Morgan fingerprint density at radius 3 is 2.43 bits per heavy atom. The summed E-state index contributed by atoms with van der Waals surface area (Å²) in [5.74, 6) is 2.69. The highest BCUT2D eigenvalue weighted by Gasteiger charge is 1.94. The molecule has 0 saturated carbocycles. The van der Waals surface area contributed by atoms with Crippen molar-refractivity contribution in [2.75, 3.05) is 0 Å². The van der Waals surface area contributed by atoms with Crippen molar-refractivity contribution in [2.24, 2.45) is 0 Å². The molecule has 0 atom stereocenters. The summed E-state index contributed by atoms with van der Waals surface area (Å²) in [5.41, 5.74) is 1.63. The van der Waals surface area contributed by atoms with Gasteiger partial charge in [-0.2, -0.15) is 0 Å². The van der Waals surface area contributed by atoms with Crippen molar-refractivity contribution in [3.8, 4) is 12.3 Å². The molecule has 0 heteroatoms. The molecule has 0 N–H and O–H groups in total.